The number of hydrogen-bond donors (Lipinski definition) is 9. The van der Waals surface area contributed by atoms with E-state index in [4.69, 9.17) is 18.9 Å². The second kappa shape index (κ2) is 20.2. The van der Waals surface area contributed by atoms with Crippen LogP contribution in [0.25, 0.3) is 10.8 Å². The Kier molecular flexibility index (Phi) is 13.0. The van der Waals surface area contributed by atoms with Crippen LogP contribution in [-0.2, 0) is 14.2 Å². The minimum atomic E-state index is -2.08. The maximum atomic E-state index is 14.4. The number of carboxylic acid groups (broad SMARTS) is 1. The third-order valence-electron chi connectivity index (χ3n) is 34.3. The third-order valence-corrected chi connectivity index (χ3v) is 34.3. The number of aromatic carboxylic acids is 1. The van der Waals surface area contributed by atoms with Crippen LogP contribution in [0, 0.1) is 109 Å². The number of hydrogen-bond acceptors (Lipinski definition) is 14. The van der Waals surface area contributed by atoms with Gasteiger partial charge in [0.1, 0.15) is 35.1 Å². The van der Waals surface area contributed by atoms with E-state index in [2.05, 4.69) is 28.8 Å². The van der Waals surface area contributed by atoms with Crippen molar-refractivity contribution in [2.75, 3.05) is 26.4 Å². The summed E-state index contributed by atoms with van der Waals surface area (Å²) in [6.07, 6.45) is 33.9. The molecule has 5 aliphatic heterocycles. The number of benzene rings is 2. The number of aromatic hydroxyl groups is 2. The summed E-state index contributed by atoms with van der Waals surface area (Å²) in [5.41, 5.74) is 7.63. The molecule has 5 heterocycles. The van der Waals surface area contributed by atoms with E-state index in [1.54, 1.807) is 0 Å². The van der Waals surface area contributed by atoms with Crippen LogP contribution in [0.2, 0.25) is 0 Å². The van der Waals surface area contributed by atoms with Crippen LogP contribution in [0.5, 0.6) is 17.2 Å². The predicted molar refractivity (Wildman–Crippen MR) is 356 cm³/mol. The van der Waals surface area contributed by atoms with Crippen LogP contribution in [0.4, 0.5) is 0 Å². The fraction of sp³-hybridized carbons (Fsp3) is 0.778. The van der Waals surface area contributed by atoms with Crippen molar-refractivity contribution in [2.45, 2.75) is 273 Å². The fourth-order valence-corrected chi connectivity index (χ4v) is 31.9. The van der Waals surface area contributed by atoms with Crippen LogP contribution in [0.1, 0.15) is 245 Å². The van der Waals surface area contributed by atoms with Gasteiger partial charge in [0.2, 0.25) is 6.29 Å². The number of carbonyl (C=O) groups excluding carboxylic acids is 1. The minimum Gasteiger partial charge on any atom is -0.507 e. The standard InChI is InChI=1S/C81H104N2O13/c1-45-59(46(2)86)63(88)60-53(62(45)87)31-48(68(91)92)32-57(60)94-69-64(89)67(90)81-34-56-61-54(17-18-55(61)78(96-81)24-7-19-70(38-78)26-27-71(37-70)20-3-9-50(71)11-6-25-79(81,43-85)95-69)76(23-8-30-84)44-93-36-49-33-73-39-74(35-58(73)82-83-80(56,41-73)66(49)76)42-75-22-5-12-52(75)16-14-47-13-15-51-10-4-21-72(51)28-29-77(74,40-72)65(47)75/h17,31-32,47,49-52,56,58,64-67,69,82-85,87-90H,3-5,7-16,18-24,26-30,33-44H2,1-2H3,(H,91,92). The van der Waals surface area contributed by atoms with Crippen molar-refractivity contribution in [3.05, 3.63) is 51.6 Å². The zero-order valence-electron chi connectivity index (χ0n) is 56.9. The van der Waals surface area contributed by atoms with Gasteiger partial charge in [-0.15, -0.1) is 0 Å². The second-order valence-corrected chi connectivity index (χ2v) is 37.3. The van der Waals surface area contributed by atoms with Gasteiger partial charge in [0.05, 0.1) is 35.3 Å². The molecule has 15 nitrogen and oxygen atoms in total. The number of aliphatic hydroxyl groups excluding tert-OH is 4. The summed E-state index contributed by atoms with van der Waals surface area (Å²) in [6.45, 7) is 3.27. The van der Waals surface area contributed by atoms with Crippen LogP contribution in [0.3, 0.4) is 0 Å². The lowest BCUT2D eigenvalue weighted by molar-refractivity contribution is -0.370. The Labute approximate surface area is 565 Å². The molecule has 0 amide bonds. The van der Waals surface area contributed by atoms with Gasteiger partial charge in [-0.3, -0.25) is 15.6 Å². The number of ether oxygens (including phenoxy) is 4. The van der Waals surface area contributed by atoms with Crippen molar-refractivity contribution in [1.82, 2.24) is 10.9 Å². The highest BCUT2D eigenvalue weighted by molar-refractivity contribution is 6.11. The molecule has 15 heteroatoms. The van der Waals surface area contributed by atoms with Gasteiger partial charge in [-0.1, -0.05) is 37.2 Å². The topological polar surface area (TPSA) is 237 Å². The lowest BCUT2D eigenvalue weighted by atomic mass is 9.38. The highest BCUT2D eigenvalue weighted by atomic mass is 16.7. The summed E-state index contributed by atoms with van der Waals surface area (Å²) in [5.74, 6) is 7.70. The van der Waals surface area contributed by atoms with Crippen molar-refractivity contribution in [3.63, 3.8) is 0 Å². The Bertz CT molecular complexity index is 3870. The number of ketones is 1. The van der Waals surface area contributed by atoms with E-state index < -0.39 is 76.1 Å². The number of phenolic OH excluding ortho intramolecular Hbond substituents is 2. The van der Waals surface area contributed by atoms with Gasteiger partial charge in [0.25, 0.3) is 0 Å². The first-order valence-electron chi connectivity index (χ1n) is 38.6. The van der Waals surface area contributed by atoms with Crippen molar-refractivity contribution < 1.29 is 64.3 Å². The normalized spacial score (nSPS) is 51.4. The van der Waals surface area contributed by atoms with Gasteiger partial charge >= 0.3 is 5.97 Å². The molecule has 3 saturated heterocycles. The molecule has 18 aliphatic rings. The first-order valence-corrected chi connectivity index (χ1v) is 38.6. The maximum absolute atomic E-state index is 14.4. The smallest absolute Gasteiger partial charge is 0.335 e. The quantitative estimate of drug-likeness (QED) is 0.0679. The number of aliphatic hydroxyl groups is 4. The van der Waals surface area contributed by atoms with Crippen molar-refractivity contribution in [3.8, 4) is 29.1 Å². The number of nitrogens with one attached hydrogen (secondary N) is 2. The molecular formula is C81H104N2O13. The van der Waals surface area contributed by atoms with Crippen LogP contribution >= 0.6 is 0 Å². The fourth-order valence-electron chi connectivity index (χ4n) is 31.9. The monoisotopic (exact) mass is 1310 g/mol. The molecule has 20 rings (SSSR count). The van der Waals surface area contributed by atoms with Gasteiger partial charge in [0.15, 0.2) is 11.4 Å². The first kappa shape index (κ1) is 61.8. The van der Waals surface area contributed by atoms with Crippen molar-refractivity contribution in [1.29, 1.82) is 0 Å². The molecule has 2 aromatic rings. The highest BCUT2D eigenvalue weighted by Crippen LogP contribution is 2.88. The average Bonchev–Trinajstić information content (AvgIpc) is 1.43. The molecule has 516 valence electrons. The van der Waals surface area contributed by atoms with Gasteiger partial charge in [0, 0.05) is 53.5 Å². The Hall–Kier alpha value is -4.08. The Balaban J connectivity index is 0.785. The van der Waals surface area contributed by atoms with E-state index in [0.717, 1.165) is 101 Å². The predicted octanol–water partition coefficient (Wildman–Crippen LogP) is 12.5. The molecule has 96 heavy (non-hydrogen) atoms. The minimum absolute atomic E-state index is 0.0433. The van der Waals surface area contributed by atoms with Gasteiger partial charge in [-0.05, 0) is 308 Å². The van der Waals surface area contributed by atoms with Gasteiger partial charge in [-0.25, -0.2) is 4.79 Å². The van der Waals surface area contributed by atoms with Gasteiger partial charge in [-0.2, -0.15) is 0 Å². The number of Topliss-reactive ketones (excluding diaryl/α,β-unsaturated/α-hetero) is 1. The Morgan fingerprint density at radius 2 is 1.56 bits per heavy atom. The highest BCUT2D eigenvalue weighted by Gasteiger charge is 2.84. The van der Waals surface area contributed by atoms with Crippen LogP contribution in [-0.4, -0.2) is 121 Å². The number of allylic oxidation sites excluding steroid dienone is 1. The van der Waals surface area contributed by atoms with E-state index >= 15 is 0 Å². The number of carbonyl (C=O) groups is 2. The zero-order chi connectivity index (χ0) is 65.4. The molecule has 24 atom stereocenters. The lowest BCUT2D eigenvalue weighted by Gasteiger charge is -2.72. The lowest BCUT2D eigenvalue weighted by Crippen LogP contribution is -2.82. The number of phenols is 2. The van der Waals surface area contributed by atoms with E-state index in [-0.39, 0.29) is 91.7 Å². The van der Waals surface area contributed by atoms with E-state index in [1.165, 1.54) is 145 Å². The summed E-state index contributed by atoms with van der Waals surface area (Å²) in [6, 6.07) is 2.64. The molecule has 0 radical (unpaired) electrons. The summed E-state index contributed by atoms with van der Waals surface area (Å²) in [5, 5.41) is 86.5. The summed E-state index contributed by atoms with van der Waals surface area (Å²) >= 11 is 0. The summed E-state index contributed by atoms with van der Waals surface area (Å²) in [7, 11) is 0. The second-order valence-electron chi connectivity index (χ2n) is 37.3. The summed E-state index contributed by atoms with van der Waals surface area (Å²) < 4.78 is 30.2. The van der Waals surface area contributed by atoms with E-state index in [1.807, 2.05) is 0 Å². The van der Waals surface area contributed by atoms with E-state index in [9.17, 15) is 45.3 Å². The molecule has 2 aromatic carbocycles. The molecule has 10 spiro atoms. The molecular weight excluding hydrogens is 1210 g/mol. The van der Waals surface area contributed by atoms with E-state index in [0.29, 0.717) is 61.1 Å². The molecule has 24 unspecified atom stereocenters. The molecule has 15 fully saturated rings. The molecule has 0 aromatic heterocycles. The SMILES string of the molecule is CC(=O)c1c(C)c(O)c2cc(C(=O)O)cc(OC3OC4(CO)C#CCC5CCCC56CCC5(CCCC7(C5)OC4(CC4C5=C7CC=C5C5(CCCO)COCC7CC89CC4(NNC8CC4(C9)CC89CCCC8CCC8CCC%10CCCC%10%11CCC4(C%11)C89)C75)C(O)C3O)C6)c2c1O. The Morgan fingerprint density at radius 3 is 2.38 bits per heavy atom. The first-order chi connectivity index (χ1) is 46.2. The number of rotatable bonds is 8. The number of fused-ring (bicyclic) bond motifs is 2. The molecule has 12 saturated carbocycles. The van der Waals surface area contributed by atoms with Crippen molar-refractivity contribution in [2.24, 2.45) is 90.7 Å². The van der Waals surface area contributed by atoms with Gasteiger partial charge < -0.3 is 54.7 Å². The average molecular weight is 1310 g/mol. The number of carboxylic acids is 1. The molecule has 9 N–H and O–H groups in total. The summed E-state index contributed by atoms with van der Waals surface area (Å²) in [4.78, 5) is 26.4. The largest absolute Gasteiger partial charge is 0.507 e. The Morgan fingerprint density at radius 1 is 0.771 bits per heavy atom. The third kappa shape index (κ3) is 7.40. The molecule has 8 bridgehead atoms. The maximum Gasteiger partial charge on any atom is 0.335 e. The van der Waals surface area contributed by atoms with Crippen molar-refractivity contribution >= 4 is 22.5 Å². The van der Waals surface area contributed by atoms with Crippen LogP contribution < -0.4 is 15.6 Å². The zero-order valence-corrected chi connectivity index (χ0v) is 56.9. The number of hydrazine groups is 1. The molecule has 13 aliphatic carbocycles. The van der Waals surface area contributed by atoms with Crippen LogP contribution in [0.15, 0.2) is 34.9 Å².